The van der Waals surface area contributed by atoms with Crippen molar-refractivity contribution in [3.63, 3.8) is 0 Å². The van der Waals surface area contributed by atoms with Crippen LogP contribution in [0, 0.1) is 0 Å². The third-order valence-corrected chi connectivity index (χ3v) is 3.37. The average Bonchev–Trinajstić information content (AvgIpc) is 2.44. The van der Waals surface area contributed by atoms with E-state index in [4.69, 9.17) is 9.47 Å². The van der Waals surface area contributed by atoms with Gasteiger partial charge in [-0.05, 0) is 38.5 Å². The largest absolute Gasteiger partial charge is 0.494 e. The molecule has 5 nitrogen and oxygen atoms in total. The first-order valence-corrected chi connectivity index (χ1v) is 7.38. The lowest BCUT2D eigenvalue weighted by atomic mass is 10.1. The van der Waals surface area contributed by atoms with Crippen molar-refractivity contribution in [3.05, 3.63) is 29.8 Å². The van der Waals surface area contributed by atoms with Gasteiger partial charge in [-0.2, -0.15) is 0 Å². The molecule has 0 aliphatic carbocycles. The summed E-state index contributed by atoms with van der Waals surface area (Å²) in [5.74, 6) is 0.830. The summed E-state index contributed by atoms with van der Waals surface area (Å²) in [6, 6.07) is 7.73. The van der Waals surface area contributed by atoms with Crippen LogP contribution in [0.15, 0.2) is 24.3 Å². The molecule has 1 aliphatic rings. The molecule has 0 saturated carbocycles. The molecular formula is C16H24N2O3. The lowest BCUT2D eigenvalue weighted by molar-refractivity contribution is -0.0733. The van der Waals surface area contributed by atoms with E-state index in [0.29, 0.717) is 32.8 Å². The number of urea groups is 1. The summed E-state index contributed by atoms with van der Waals surface area (Å²) in [6.45, 7) is 8.91. The maximum Gasteiger partial charge on any atom is 0.317 e. The topological polar surface area (TPSA) is 50.8 Å². The van der Waals surface area contributed by atoms with Crippen LogP contribution in [-0.2, 0) is 11.3 Å². The first kappa shape index (κ1) is 15.6. The Balaban J connectivity index is 1.87. The Labute approximate surface area is 126 Å². The molecule has 5 heteroatoms. The van der Waals surface area contributed by atoms with Gasteiger partial charge in [0, 0.05) is 13.1 Å². The van der Waals surface area contributed by atoms with Crippen molar-refractivity contribution >= 4 is 6.03 Å². The van der Waals surface area contributed by atoms with E-state index >= 15 is 0 Å². The van der Waals surface area contributed by atoms with Gasteiger partial charge in [-0.3, -0.25) is 0 Å². The summed E-state index contributed by atoms with van der Waals surface area (Å²) in [4.78, 5) is 14.0. The zero-order valence-corrected chi connectivity index (χ0v) is 13.0. The highest BCUT2D eigenvalue weighted by Crippen LogP contribution is 2.17. The van der Waals surface area contributed by atoms with Gasteiger partial charge < -0.3 is 19.7 Å². The minimum Gasteiger partial charge on any atom is -0.494 e. The van der Waals surface area contributed by atoms with E-state index < -0.39 is 0 Å². The predicted molar refractivity (Wildman–Crippen MR) is 81.5 cm³/mol. The SMILES string of the molecule is CCOc1cccc(CNC(=O)N2CCOC(C)(C)C2)c1. The highest BCUT2D eigenvalue weighted by Gasteiger charge is 2.29. The fourth-order valence-electron chi connectivity index (χ4n) is 2.39. The van der Waals surface area contributed by atoms with Gasteiger partial charge in [0.05, 0.1) is 25.4 Å². The summed E-state index contributed by atoms with van der Waals surface area (Å²) in [6.07, 6.45) is 0. The minimum absolute atomic E-state index is 0.0480. The number of morpholine rings is 1. The molecule has 1 aromatic carbocycles. The van der Waals surface area contributed by atoms with Crippen LogP contribution in [0.3, 0.4) is 0 Å². The van der Waals surface area contributed by atoms with Crippen LogP contribution in [0.25, 0.3) is 0 Å². The average molecular weight is 292 g/mol. The molecule has 1 N–H and O–H groups in total. The van der Waals surface area contributed by atoms with Crippen molar-refractivity contribution in [2.24, 2.45) is 0 Å². The fourth-order valence-corrected chi connectivity index (χ4v) is 2.39. The third-order valence-electron chi connectivity index (χ3n) is 3.37. The number of amides is 2. The van der Waals surface area contributed by atoms with E-state index in [1.807, 2.05) is 45.0 Å². The quantitative estimate of drug-likeness (QED) is 0.927. The highest BCUT2D eigenvalue weighted by molar-refractivity contribution is 5.74. The molecule has 0 aromatic heterocycles. The van der Waals surface area contributed by atoms with E-state index in [0.717, 1.165) is 11.3 Å². The number of hydrogen-bond acceptors (Lipinski definition) is 3. The van der Waals surface area contributed by atoms with Gasteiger partial charge in [0.25, 0.3) is 0 Å². The van der Waals surface area contributed by atoms with Gasteiger partial charge in [-0.1, -0.05) is 12.1 Å². The van der Waals surface area contributed by atoms with Crippen molar-refractivity contribution in [1.82, 2.24) is 10.2 Å². The monoisotopic (exact) mass is 292 g/mol. The highest BCUT2D eigenvalue weighted by atomic mass is 16.5. The van der Waals surface area contributed by atoms with Gasteiger partial charge in [0.1, 0.15) is 5.75 Å². The Morgan fingerprint density at radius 3 is 3.00 bits per heavy atom. The summed E-state index contributed by atoms with van der Waals surface area (Å²) in [5, 5.41) is 2.95. The predicted octanol–water partition coefficient (Wildman–Crippen LogP) is 2.41. The normalized spacial score (nSPS) is 17.4. The van der Waals surface area contributed by atoms with Crippen molar-refractivity contribution in [2.75, 3.05) is 26.3 Å². The Kier molecular flexibility index (Phi) is 5.07. The number of carbonyl (C=O) groups is 1. The molecule has 2 rings (SSSR count). The Bertz CT molecular complexity index is 488. The Morgan fingerprint density at radius 2 is 2.29 bits per heavy atom. The van der Waals surface area contributed by atoms with Crippen LogP contribution in [0.5, 0.6) is 5.75 Å². The third kappa shape index (κ3) is 4.63. The number of hydrogen-bond donors (Lipinski definition) is 1. The number of ether oxygens (including phenoxy) is 2. The van der Waals surface area contributed by atoms with Crippen LogP contribution in [0.4, 0.5) is 4.79 Å². The molecular weight excluding hydrogens is 268 g/mol. The van der Waals surface area contributed by atoms with E-state index in [1.165, 1.54) is 0 Å². The first-order valence-electron chi connectivity index (χ1n) is 7.38. The van der Waals surface area contributed by atoms with Crippen LogP contribution in [0.2, 0.25) is 0 Å². The second-order valence-electron chi connectivity index (χ2n) is 5.77. The number of nitrogens with one attached hydrogen (secondary N) is 1. The van der Waals surface area contributed by atoms with E-state index in [1.54, 1.807) is 4.90 Å². The Morgan fingerprint density at radius 1 is 1.48 bits per heavy atom. The molecule has 1 aliphatic heterocycles. The number of rotatable bonds is 4. The molecule has 1 heterocycles. The van der Waals surface area contributed by atoms with Crippen LogP contribution in [0.1, 0.15) is 26.3 Å². The molecule has 0 radical (unpaired) electrons. The molecule has 0 spiro atoms. The van der Waals surface area contributed by atoms with E-state index in [2.05, 4.69) is 5.32 Å². The van der Waals surface area contributed by atoms with Gasteiger partial charge in [-0.25, -0.2) is 4.79 Å². The number of nitrogens with zero attached hydrogens (tertiary/aromatic N) is 1. The zero-order chi connectivity index (χ0) is 15.3. The van der Waals surface area contributed by atoms with Crippen molar-refractivity contribution in [2.45, 2.75) is 32.9 Å². The molecule has 2 amide bonds. The summed E-state index contributed by atoms with van der Waals surface area (Å²) >= 11 is 0. The van der Waals surface area contributed by atoms with Crippen molar-refractivity contribution in [1.29, 1.82) is 0 Å². The second kappa shape index (κ2) is 6.80. The summed E-state index contributed by atoms with van der Waals surface area (Å²) in [5.41, 5.74) is 0.756. The standard InChI is InChI=1S/C16H24N2O3/c1-4-20-14-7-5-6-13(10-14)11-17-15(19)18-8-9-21-16(2,3)12-18/h5-7,10H,4,8-9,11-12H2,1-3H3,(H,17,19). The summed E-state index contributed by atoms with van der Waals surface area (Å²) < 4.78 is 11.1. The van der Waals surface area contributed by atoms with Gasteiger partial charge in [-0.15, -0.1) is 0 Å². The lowest BCUT2D eigenvalue weighted by Gasteiger charge is -2.38. The summed E-state index contributed by atoms with van der Waals surface area (Å²) in [7, 11) is 0. The maximum absolute atomic E-state index is 12.2. The van der Waals surface area contributed by atoms with Gasteiger partial charge in [0.15, 0.2) is 0 Å². The van der Waals surface area contributed by atoms with Crippen LogP contribution in [-0.4, -0.2) is 42.8 Å². The number of carbonyl (C=O) groups excluding carboxylic acids is 1. The van der Waals surface area contributed by atoms with Crippen LogP contribution >= 0.6 is 0 Å². The van der Waals surface area contributed by atoms with E-state index in [-0.39, 0.29) is 11.6 Å². The molecule has 1 saturated heterocycles. The van der Waals surface area contributed by atoms with Gasteiger partial charge >= 0.3 is 6.03 Å². The minimum atomic E-state index is -0.273. The Hall–Kier alpha value is -1.75. The molecule has 21 heavy (non-hydrogen) atoms. The number of benzene rings is 1. The molecule has 0 atom stereocenters. The van der Waals surface area contributed by atoms with E-state index in [9.17, 15) is 4.79 Å². The fraction of sp³-hybridized carbons (Fsp3) is 0.562. The molecule has 0 unspecified atom stereocenters. The second-order valence-corrected chi connectivity index (χ2v) is 5.77. The first-order chi connectivity index (χ1) is 10.00. The van der Waals surface area contributed by atoms with Crippen molar-refractivity contribution in [3.8, 4) is 5.75 Å². The maximum atomic E-state index is 12.2. The van der Waals surface area contributed by atoms with Crippen LogP contribution < -0.4 is 10.1 Å². The molecule has 1 aromatic rings. The zero-order valence-electron chi connectivity index (χ0n) is 13.0. The lowest BCUT2D eigenvalue weighted by Crippen LogP contribution is -2.53. The molecule has 0 bridgehead atoms. The van der Waals surface area contributed by atoms with Gasteiger partial charge in [0.2, 0.25) is 0 Å². The molecule has 116 valence electrons. The molecule has 1 fully saturated rings. The smallest absolute Gasteiger partial charge is 0.317 e. The van der Waals surface area contributed by atoms with Crippen molar-refractivity contribution < 1.29 is 14.3 Å².